The average Bonchev–Trinajstić information content (AvgIpc) is 1.56. The molecule has 1 aliphatic heterocycles. The smallest absolute Gasteiger partial charge is 0.328 e. The summed E-state index contributed by atoms with van der Waals surface area (Å²) in [6.07, 6.45) is -4.35. The van der Waals surface area contributed by atoms with Crippen LogP contribution in [-0.4, -0.2) is 229 Å². The van der Waals surface area contributed by atoms with E-state index >= 15 is 0 Å². The number of rotatable bonds is 42. The number of hydrogen-bond donors (Lipinski definition) is 19. The number of carbonyl (C=O) groups is 15. The van der Waals surface area contributed by atoms with E-state index < -0.39 is 211 Å². The zero-order chi connectivity index (χ0) is 79.2. The van der Waals surface area contributed by atoms with Crippen molar-refractivity contribution in [2.45, 2.75) is 198 Å². The molecule has 0 radical (unpaired) electrons. The highest BCUT2D eigenvalue weighted by atomic mass is 32.1. The zero-order valence-corrected chi connectivity index (χ0v) is 61.6. The topological polar surface area (TPSA) is 531 Å². The molecule has 3 aromatic rings. The number of nitrogens with zero attached hydrogens (tertiary/aromatic N) is 1. The number of carboxylic acids is 2. The highest BCUT2D eigenvalue weighted by molar-refractivity contribution is 7.80. The van der Waals surface area contributed by atoms with E-state index in [4.69, 9.17) is 5.73 Å². The molecular formula is C71H102N14O20S. The van der Waals surface area contributed by atoms with Gasteiger partial charge in [0.1, 0.15) is 66.2 Å². The van der Waals surface area contributed by atoms with E-state index in [2.05, 4.69) is 76.4 Å². The maximum absolute atomic E-state index is 14.9. The van der Waals surface area contributed by atoms with Gasteiger partial charge in [0.05, 0.1) is 31.3 Å². The molecule has 0 bridgehead atoms. The fraction of sp³-hybridized carbons (Fsp3) is 0.535. The van der Waals surface area contributed by atoms with E-state index in [1.54, 1.807) is 88.4 Å². The Morgan fingerprint density at radius 1 is 0.481 bits per heavy atom. The molecule has 1 fully saturated rings. The summed E-state index contributed by atoms with van der Waals surface area (Å²) in [5.41, 5.74) is 7.41. The van der Waals surface area contributed by atoms with Crippen molar-refractivity contribution >= 4 is 101 Å². The highest BCUT2D eigenvalue weighted by Crippen LogP contribution is 2.22. The first kappa shape index (κ1) is 88.1. The van der Waals surface area contributed by atoms with Crippen LogP contribution in [0.15, 0.2) is 84.9 Å². The maximum Gasteiger partial charge on any atom is 0.328 e. The first-order chi connectivity index (χ1) is 49.9. The van der Waals surface area contributed by atoms with Gasteiger partial charge in [0.15, 0.2) is 6.04 Å². The van der Waals surface area contributed by atoms with E-state index in [0.717, 1.165) is 11.8 Å². The van der Waals surface area contributed by atoms with Crippen molar-refractivity contribution in [1.82, 2.24) is 68.7 Å². The number of thiol groups is 1. The number of aliphatic hydroxyl groups is 2. The number of aliphatic carboxylic acids is 2. The Hall–Kier alpha value is -10.3. The molecule has 1 aliphatic rings. The number of phenols is 1. The van der Waals surface area contributed by atoms with E-state index in [1.807, 2.05) is 13.8 Å². The van der Waals surface area contributed by atoms with Gasteiger partial charge in [-0.05, 0) is 93.0 Å². The molecule has 0 spiro atoms. The third-order valence-electron chi connectivity index (χ3n) is 17.1. The average molecular weight is 1500 g/mol. The maximum atomic E-state index is 14.9. The number of likely N-dealkylation sites (tertiary alicyclic amines) is 1. The summed E-state index contributed by atoms with van der Waals surface area (Å²) in [5, 5.41) is 80.0. The summed E-state index contributed by atoms with van der Waals surface area (Å²) in [4.78, 5) is 204. The molecular weight excluding hydrogens is 1400 g/mol. The van der Waals surface area contributed by atoms with Crippen molar-refractivity contribution in [3.05, 3.63) is 102 Å². The molecule has 582 valence electrons. The lowest BCUT2D eigenvalue weighted by Crippen LogP contribution is -2.62. The van der Waals surface area contributed by atoms with Crippen molar-refractivity contribution in [2.24, 2.45) is 23.5 Å². The van der Waals surface area contributed by atoms with Crippen LogP contribution in [0.25, 0.3) is 0 Å². The molecule has 19 N–H and O–H groups in total. The quantitative estimate of drug-likeness (QED) is 0.0249. The summed E-state index contributed by atoms with van der Waals surface area (Å²) < 4.78 is 0. The number of nitrogens with two attached hydrogens (primary N) is 1. The largest absolute Gasteiger partial charge is 0.508 e. The summed E-state index contributed by atoms with van der Waals surface area (Å²) in [5.74, 6) is -16.0. The van der Waals surface area contributed by atoms with Crippen molar-refractivity contribution in [3.8, 4) is 5.75 Å². The molecule has 106 heavy (non-hydrogen) atoms. The molecule has 0 saturated carbocycles. The van der Waals surface area contributed by atoms with Crippen LogP contribution in [0.5, 0.6) is 5.75 Å². The van der Waals surface area contributed by atoms with Gasteiger partial charge in [0.2, 0.25) is 76.8 Å². The Labute approximate surface area is 619 Å². The van der Waals surface area contributed by atoms with Gasteiger partial charge >= 0.3 is 11.9 Å². The van der Waals surface area contributed by atoms with Crippen LogP contribution >= 0.6 is 12.6 Å². The van der Waals surface area contributed by atoms with Gasteiger partial charge in [-0.3, -0.25) is 67.1 Å². The molecule has 3 aromatic carbocycles. The Bertz CT molecular complexity index is 3530. The lowest BCUT2D eigenvalue weighted by atomic mass is 10.00. The number of aromatic hydroxyl groups is 1. The number of benzene rings is 3. The van der Waals surface area contributed by atoms with Crippen LogP contribution in [0, 0.1) is 17.8 Å². The molecule has 1 heterocycles. The third-order valence-corrected chi connectivity index (χ3v) is 17.4. The monoisotopic (exact) mass is 1500 g/mol. The second-order valence-corrected chi connectivity index (χ2v) is 27.5. The predicted molar refractivity (Wildman–Crippen MR) is 387 cm³/mol. The lowest BCUT2D eigenvalue weighted by molar-refractivity contribution is -0.146. The standard InChI is InChI=1S/C71H102N14O20S/c1-36(2)29-46(72)61(94)81-56(37(3)4)68(101)80-51(35-106)62(95)74-34-53(89)76-47(26-27-55(91)92)63(96)75-39(7)60(93)73-33-54(90)77-48(30-42-17-12-10-13-18-42)64(97)78-49(31-43-19-14-11-15-20-43)65(98)79-50(32-44-22-24-45(88)25-23-44)66(99)83-58(40(8)86)70(103)85-28-16-21-52(85)67(100)82-57(38(5)6)69(102)84-59(41(9)87)71(104)105/h10-15,17-20,22-25,36-41,46-52,56-59,86-88,106H,16,21,26-35,72H2,1-9H3,(H,73,93)(H,74,95)(H,75,96)(H,76,89)(H,77,90)(H,78,97)(H,79,98)(H,80,101)(H,81,94)(H,82,100)(H,83,99)(H,84,102)(H,91,92)(H,104,105)/t39-,40+,41+,46-,47-,48-,49-,50-,51-,52-,56-,57-,58-,59-/m0/s1. The van der Waals surface area contributed by atoms with Crippen LogP contribution in [0.3, 0.4) is 0 Å². The van der Waals surface area contributed by atoms with Crippen molar-refractivity contribution in [3.63, 3.8) is 0 Å². The van der Waals surface area contributed by atoms with Gasteiger partial charge in [-0.2, -0.15) is 12.6 Å². The van der Waals surface area contributed by atoms with Crippen LogP contribution < -0.4 is 69.5 Å². The van der Waals surface area contributed by atoms with Crippen molar-refractivity contribution < 1.29 is 97.5 Å². The number of phenolic OH excluding ortho intramolecular Hbond substituents is 1. The number of carboxylic acid groups (broad SMARTS) is 2. The van der Waals surface area contributed by atoms with Gasteiger partial charge in [-0.1, -0.05) is 114 Å². The number of amides is 13. The summed E-state index contributed by atoms with van der Waals surface area (Å²) in [6, 6.07) is 5.09. The van der Waals surface area contributed by atoms with Crippen LogP contribution in [0.4, 0.5) is 0 Å². The van der Waals surface area contributed by atoms with E-state index in [-0.39, 0.29) is 56.1 Å². The fourth-order valence-corrected chi connectivity index (χ4v) is 11.4. The molecule has 34 nitrogen and oxygen atoms in total. The van der Waals surface area contributed by atoms with Crippen LogP contribution in [0.2, 0.25) is 0 Å². The summed E-state index contributed by atoms with van der Waals surface area (Å²) in [6.45, 7) is 12.1. The first-order valence-electron chi connectivity index (χ1n) is 34.8. The number of hydrogen-bond acceptors (Lipinski definition) is 20. The highest BCUT2D eigenvalue weighted by Gasteiger charge is 2.43. The van der Waals surface area contributed by atoms with Gasteiger partial charge in [0, 0.05) is 38.0 Å². The summed E-state index contributed by atoms with van der Waals surface area (Å²) >= 11 is 4.16. The Balaban J connectivity index is 1.51. The minimum Gasteiger partial charge on any atom is -0.508 e. The molecule has 35 heteroatoms. The zero-order valence-electron chi connectivity index (χ0n) is 60.7. The molecule has 14 atom stereocenters. The lowest BCUT2D eigenvalue weighted by Gasteiger charge is -2.32. The number of aliphatic hydroxyl groups excluding tert-OH is 2. The number of nitrogens with one attached hydrogen (secondary N) is 12. The summed E-state index contributed by atoms with van der Waals surface area (Å²) in [7, 11) is 0. The predicted octanol–water partition coefficient (Wildman–Crippen LogP) is -3.16. The first-order valence-corrected chi connectivity index (χ1v) is 35.4. The molecule has 4 rings (SSSR count). The van der Waals surface area contributed by atoms with Crippen LogP contribution in [-0.2, 0) is 91.2 Å². The van der Waals surface area contributed by atoms with E-state index in [0.29, 0.717) is 23.1 Å². The van der Waals surface area contributed by atoms with Crippen LogP contribution in [0.1, 0.15) is 111 Å². The third kappa shape index (κ3) is 29.0. The SMILES string of the molecule is CC(C)C[C@H](N)C(=O)N[C@H](C(=O)N[C@@H](CS)C(=O)NCC(=O)N[C@@H](CCC(=O)O)C(=O)N[C@@H](C)C(=O)NCC(=O)N[C@@H](Cc1ccccc1)C(=O)N[C@@H](Cc1ccccc1)C(=O)N[C@@H](Cc1ccc(O)cc1)C(=O)N[C@H](C(=O)N1CCC[C@H]1C(=O)N[C@H](C(=O)N[C@H](C(=O)O)[C@@H](C)O)C(C)C)[C@@H](C)O)C(C)C. The Morgan fingerprint density at radius 3 is 1.38 bits per heavy atom. The van der Waals surface area contributed by atoms with Gasteiger partial charge < -0.3 is 100.0 Å². The molecule has 1 saturated heterocycles. The van der Waals surface area contributed by atoms with Gasteiger partial charge in [-0.25, -0.2) is 4.79 Å². The second-order valence-electron chi connectivity index (χ2n) is 27.1. The molecule has 13 amide bonds. The van der Waals surface area contributed by atoms with Crippen molar-refractivity contribution in [2.75, 3.05) is 25.4 Å². The normalized spacial score (nSPS) is 16.3. The van der Waals surface area contributed by atoms with E-state index in [1.165, 1.54) is 38.1 Å². The van der Waals surface area contributed by atoms with Gasteiger partial charge in [-0.15, -0.1) is 0 Å². The minimum absolute atomic E-state index is 0.0468. The minimum atomic E-state index is -1.77. The molecule has 0 aliphatic carbocycles. The Morgan fingerprint density at radius 2 is 0.906 bits per heavy atom. The number of carbonyl (C=O) groups excluding carboxylic acids is 13. The molecule has 0 unspecified atom stereocenters. The second kappa shape index (κ2) is 43.2. The Kier molecular flexibility index (Phi) is 36.0. The van der Waals surface area contributed by atoms with Gasteiger partial charge in [0.25, 0.3) is 0 Å². The van der Waals surface area contributed by atoms with Crippen molar-refractivity contribution in [1.29, 1.82) is 0 Å². The van der Waals surface area contributed by atoms with E-state index in [9.17, 15) is 97.5 Å². The molecule has 0 aromatic heterocycles. The fourth-order valence-electron chi connectivity index (χ4n) is 11.2.